The summed E-state index contributed by atoms with van der Waals surface area (Å²) in [7, 11) is 0. The van der Waals surface area contributed by atoms with E-state index in [1.807, 2.05) is 57.2 Å². The van der Waals surface area contributed by atoms with Gasteiger partial charge in [-0.15, -0.1) is 0 Å². The molecule has 0 aromatic heterocycles. The van der Waals surface area contributed by atoms with Gasteiger partial charge < -0.3 is 29.3 Å². The molecule has 0 bridgehead atoms. The summed E-state index contributed by atoms with van der Waals surface area (Å²) in [5.41, 5.74) is 3.41. The van der Waals surface area contributed by atoms with Crippen molar-refractivity contribution in [1.29, 1.82) is 0 Å². The van der Waals surface area contributed by atoms with Crippen LogP contribution in [0.1, 0.15) is 25.8 Å². The van der Waals surface area contributed by atoms with Crippen molar-refractivity contribution in [3.8, 4) is 11.5 Å². The second kappa shape index (κ2) is 10.8. The topological polar surface area (TPSA) is 80.3 Å². The monoisotopic (exact) mass is 467 g/mol. The summed E-state index contributed by atoms with van der Waals surface area (Å²) in [4.78, 5) is 29.7. The number of carbonyl (C=O) groups is 2. The van der Waals surface area contributed by atoms with Crippen LogP contribution in [0.15, 0.2) is 36.4 Å². The molecular formula is C26H33N3O5. The van der Waals surface area contributed by atoms with Crippen LogP contribution < -0.4 is 24.6 Å². The smallest absolute Gasteiger partial charge is 0.229 e. The fraction of sp³-hybridized carbons (Fsp3) is 0.462. The number of nitrogens with one attached hydrogen (secondary N) is 1. The van der Waals surface area contributed by atoms with Crippen LogP contribution in [-0.4, -0.2) is 57.9 Å². The Kier molecular flexibility index (Phi) is 7.57. The maximum absolute atomic E-state index is 13.2. The molecule has 0 spiro atoms. The predicted molar refractivity (Wildman–Crippen MR) is 132 cm³/mol. The molecule has 2 amide bonds. The Morgan fingerprint density at radius 1 is 1.06 bits per heavy atom. The molecule has 4 rings (SSSR count). The second-order valence-electron chi connectivity index (χ2n) is 8.51. The molecule has 2 aliphatic rings. The fourth-order valence-electron chi connectivity index (χ4n) is 4.34. The summed E-state index contributed by atoms with van der Waals surface area (Å²) in [6.07, 6.45) is 0.174. The molecule has 182 valence electrons. The third-order valence-corrected chi connectivity index (χ3v) is 6.11. The van der Waals surface area contributed by atoms with Crippen LogP contribution in [0, 0.1) is 12.8 Å². The van der Waals surface area contributed by atoms with Gasteiger partial charge in [-0.1, -0.05) is 17.7 Å². The van der Waals surface area contributed by atoms with Gasteiger partial charge in [0.1, 0.15) is 11.5 Å². The van der Waals surface area contributed by atoms with Crippen molar-refractivity contribution in [2.45, 2.75) is 27.2 Å². The first-order valence-electron chi connectivity index (χ1n) is 11.9. The number of aryl methyl sites for hydroxylation is 1. The number of rotatable bonds is 8. The lowest BCUT2D eigenvalue weighted by atomic mass is 10.1. The molecule has 2 fully saturated rings. The van der Waals surface area contributed by atoms with E-state index >= 15 is 0 Å². The van der Waals surface area contributed by atoms with E-state index in [4.69, 9.17) is 14.2 Å². The number of hydrogen-bond acceptors (Lipinski definition) is 6. The molecule has 2 aromatic carbocycles. The summed E-state index contributed by atoms with van der Waals surface area (Å²) < 4.78 is 17.3. The number of ether oxygens (including phenoxy) is 3. The number of anilines is 3. The van der Waals surface area contributed by atoms with Gasteiger partial charge in [0, 0.05) is 43.9 Å². The molecule has 0 saturated carbocycles. The van der Waals surface area contributed by atoms with Crippen molar-refractivity contribution in [1.82, 2.24) is 0 Å². The van der Waals surface area contributed by atoms with Crippen molar-refractivity contribution in [3.05, 3.63) is 42.0 Å². The van der Waals surface area contributed by atoms with Crippen LogP contribution in [0.25, 0.3) is 0 Å². The minimum Gasteiger partial charge on any atom is -0.492 e. The highest BCUT2D eigenvalue weighted by atomic mass is 16.5. The largest absolute Gasteiger partial charge is 0.492 e. The number of nitrogens with zero attached hydrogens (tertiary/aromatic N) is 2. The molecule has 1 N–H and O–H groups in total. The van der Waals surface area contributed by atoms with Crippen molar-refractivity contribution in [2.24, 2.45) is 5.92 Å². The first-order valence-corrected chi connectivity index (χ1v) is 11.9. The Balaban J connectivity index is 1.54. The van der Waals surface area contributed by atoms with Gasteiger partial charge >= 0.3 is 0 Å². The SMILES string of the molecule is CCOc1cc(N2CCOCC2)c(OCC)cc1NC(=O)C1CC(=O)N(c2ccc(C)cc2)C1. The molecule has 0 aliphatic carbocycles. The van der Waals surface area contributed by atoms with E-state index in [1.165, 1.54) is 0 Å². The van der Waals surface area contributed by atoms with Crippen LogP contribution in [0.3, 0.4) is 0 Å². The van der Waals surface area contributed by atoms with E-state index < -0.39 is 5.92 Å². The molecule has 2 aliphatic heterocycles. The second-order valence-corrected chi connectivity index (χ2v) is 8.51. The van der Waals surface area contributed by atoms with E-state index in [9.17, 15) is 9.59 Å². The first kappa shape index (κ1) is 23.9. The molecule has 8 heteroatoms. The lowest BCUT2D eigenvalue weighted by Crippen LogP contribution is -2.36. The number of morpholine rings is 1. The summed E-state index contributed by atoms with van der Waals surface area (Å²) in [6.45, 7) is 9.98. The van der Waals surface area contributed by atoms with E-state index in [0.29, 0.717) is 50.2 Å². The maximum atomic E-state index is 13.2. The van der Waals surface area contributed by atoms with Crippen molar-refractivity contribution in [2.75, 3.05) is 61.2 Å². The van der Waals surface area contributed by atoms with Gasteiger partial charge in [-0.05, 0) is 32.9 Å². The lowest BCUT2D eigenvalue weighted by Gasteiger charge is -2.31. The average Bonchev–Trinajstić information content (AvgIpc) is 3.23. The zero-order valence-corrected chi connectivity index (χ0v) is 20.1. The highest BCUT2D eigenvalue weighted by molar-refractivity contribution is 6.04. The quantitative estimate of drug-likeness (QED) is 0.639. The standard InChI is InChI=1S/C26H33N3O5/c1-4-33-23-16-22(28-10-12-32-13-11-28)24(34-5-2)15-21(23)27-26(31)19-14-25(30)29(17-19)20-8-6-18(3)7-9-20/h6-9,15-16,19H,4-5,10-14,17H2,1-3H3,(H,27,31). The molecule has 34 heavy (non-hydrogen) atoms. The third kappa shape index (κ3) is 5.28. The van der Waals surface area contributed by atoms with Gasteiger partial charge in [0.05, 0.1) is 43.7 Å². The van der Waals surface area contributed by atoms with E-state index in [-0.39, 0.29) is 18.2 Å². The van der Waals surface area contributed by atoms with Gasteiger partial charge in [0.15, 0.2) is 0 Å². The Hall–Kier alpha value is -3.26. The molecule has 8 nitrogen and oxygen atoms in total. The lowest BCUT2D eigenvalue weighted by molar-refractivity contribution is -0.122. The highest BCUT2D eigenvalue weighted by Crippen LogP contribution is 2.40. The molecular weight excluding hydrogens is 434 g/mol. The molecule has 2 aromatic rings. The summed E-state index contributed by atoms with van der Waals surface area (Å²) in [5.74, 6) is 0.572. The fourth-order valence-corrected chi connectivity index (χ4v) is 4.34. The Morgan fingerprint density at radius 2 is 1.74 bits per heavy atom. The number of benzene rings is 2. The number of amides is 2. The minimum atomic E-state index is -0.447. The Bertz CT molecular complexity index is 1020. The van der Waals surface area contributed by atoms with Gasteiger partial charge in [-0.3, -0.25) is 9.59 Å². The zero-order chi connectivity index (χ0) is 24.1. The van der Waals surface area contributed by atoms with E-state index in [0.717, 1.165) is 30.0 Å². The zero-order valence-electron chi connectivity index (χ0n) is 20.1. The normalized spacial score (nSPS) is 18.2. The molecule has 0 radical (unpaired) electrons. The molecule has 1 atom stereocenters. The summed E-state index contributed by atoms with van der Waals surface area (Å²) >= 11 is 0. The van der Waals surface area contributed by atoms with Crippen LogP contribution in [0.4, 0.5) is 17.1 Å². The van der Waals surface area contributed by atoms with Gasteiger partial charge in [-0.25, -0.2) is 0 Å². The molecule has 2 heterocycles. The number of hydrogen-bond donors (Lipinski definition) is 1. The molecule has 2 saturated heterocycles. The van der Waals surface area contributed by atoms with Crippen LogP contribution in [0.5, 0.6) is 11.5 Å². The minimum absolute atomic E-state index is 0.0493. The van der Waals surface area contributed by atoms with E-state index in [1.54, 1.807) is 4.90 Å². The highest BCUT2D eigenvalue weighted by Gasteiger charge is 2.35. The Labute approximate surface area is 200 Å². The van der Waals surface area contributed by atoms with Gasteiger partial charge in [0.25, 0.3) is 0 Å². The van der Waals surface area contributed by atoms with E-state index in [2.05, 4.69) is 10.2 Å². The first-order chi connectivity index (χ1) is 16.5. The predicted octanol–water partition coefficient (Wildman–Crippen LogP) is 3.62. The van der Waals surface area contributed by atoms with Crippen LogP contribution in [0.2, 0.25) is 0 Å². The number of carbonyl (C=O) groups excluding carboxylic acids is 2. The van der Waals surface area contributed by atoms with Crippen molar-refractivity contribution >= 4 is 28.9 Å². The molecule has 1 unspecified atom stereocenters. The summed E-state index contributed by atoms with van der Waals surface area (Å²) in [5, 5.41) is 3.00. The maximum Gasteiger partial charge on any atom is 0.229 e. The summed E-state index contributed by atoms with van der Waals surface area (Å²) in [6, 6.07) is 11.5. The van der Waals surface area contributed by atoms with Crippen molar-refractivity contribution in [3.63, 3.8) is 0 Å². The third-order valence-electron chi connectivity index (χ3n) is 6.11. The van der Waals surface area contributed by atoms with Crippen molar-refractivity contribution < 1.29 is 23.8 Å². The average molecular weight is 468 g/mol. The van der Waals surface area contributed by atoms with Gasteiger partial charge in [0.2, 0.25) is 11.8 Å². The van der Waals surface area contributed by atoms with Crippen LogP contribution >= 0.6 is 0 Å². The van der Waals surface area contributed by atoms with Gasteiger partial charge in [-0.2, -0.15) is 0 Å². The Morgan fingerprint density at radius 3 is 2.41 bits per heavy atom. The van der Waals surface area contributed by atoms with Crippen LogP contribution in [-0.2, 0) is 14.3 Å².